The molecule has 29 heavy (non-hydrogen) atoms. The number of imidazole rings is 1. The maximum Gasteiger partial charge on any atom is 0.137 e. The fourth-order valence-electron chi connectivity index (χ4n) is 3.22. The summed E-state index contributed by atoms with van der Waals surface area (Å²) in [7, 11) is 1.78. The molecule has 0 amide bonds. The quantitative estimate of drug-likeness (QED) is 0.436. The number of nitrogens with one attached hydrogen (secondary N) is 2. The van der Waals surface area contributed by atoms with Gasteiger partial charge >= 0.3 is 0 Å². The number of rotatable bonds is 5. The van der Waals surface area contributed by atoms with Gasteiger partial charge in [0.25, 0.3) is 0 Å². The van der Waals surface area contributed by atoms with Crippen molar-refractivity contribution in [2.75, 3.05) is 7.05 Å². The van der Waals surface area contributed by atoms with Crippen LogP contribution >= 0.6 is 11.6 Å². The molecule has 4 aromatic rings. The Morgan fingerprint density at radius 1 is 1.07 bits per heavy atom. The Hall–Kier alpha value is -3.44. The van der Waals surface area contributed by atoms with E-state index < -0.39 is 0 Å². The highest BCUT2D eigenvalue weighted by atomic mass is 35.5. The van der Waals surface area contributed by atoms with Crippen LogP contribution in [0.2, 0.25) is 5.02 Å². The number of allylic oxidation sites excluding steroid dienone is 1. The second-order valence-electron chi connectivity index (χ2n) is 6.50. The molecule has 0 saturated heterocycles. The number of fused-ring (bicyclic) bond motifs is 1. The molecule has 144 valence electrons. The highest BCUT2D eigenvalue weighted by Gasteiger charge is 2.14. The second kappa shape index (κ2) is 7.89. The number of pyridine rings is 1. The molecule has 2 aromatic carbocycles. The molecular formula is C23H18ClFN4. The fraction of sp³-hybridized carbons (Fsp3) is 0.0435. The molecule has 2 heterocycles. The average Bonchev–Trinajstić information content (AvgIpc) is 3.15. The van der Waals surface area contributed by atoms with Crippen LogP contribution in [0.15, 0.2) is 79.3 Å². The lowest BCUT2D eigenvalue weighted by Crippen LogP contribution is -2.08. The summed E-state index contributed by atoms with van der Waals surface area (Å²) in [5.41, 5.74) is 4.95. The van der Waals surface area contributed by atoms with E-state index in [2.05, 4.69) is 10.3 Å². The minimum Gasteiger partial charge on any atom is -0.393 e. The molecule has 0 saturated carbocycles. The minimum absolute atomic E-state index is 0.290. The Bertz CT molecular complexity index is 1230. The Labute approximate surface area is 172 Å². The van der Waals surface area contributed by atoms with Crippen LogP contribution in [0.1, 0.15) is 11.1 Å². The van der Waals surface area contributed by atoms with Crippen molar-refractivity contribution in [3.8, 4) is 11.3 Å². The lowest BCUT2D eigenvalue weighted by molar-refractivity contribution is 0.628. The van der Waals surface area contributed by atoms with E-state index in [1.807, 2.05) is 47.0 Å². The van der Waals surface area contributed by atoms with Gasteiger partial charge in [-0.2, -0.15) is 0 Å². The second-order valence-corrected chi connectivity index (χ2v) is 6.91. The van der Waals surface area contributed by atoms with Crippen LogP contribution in [0, 0.1) is 11.2 Å². The molecule has 0 aliphatic rings. The first-order valence-electron chi connectivity index (χ1n) is 9.03. The van der Waals surface area contributed by atoms with Gasteiger partial charge in [0, 0.05) is 46.7 Å². The summed E-state index contributed by atoms with van der Waals surface area (Å²) >= 11 is 6.38. The summed E-state index contributed by atoms with van der Waals surface area (Å²) in [6.07, 6.45) is 5.48. The zero-order valence-corrected chi connectivity index (χ0v) is 16.4. The standard InChI is InChI=1S/C23H18ClFN4/c1-27-12-19(23(26)15-6-9-17(25)10-7-15)16-8-11-22-28-13-21(29(22)14-16)18-4-2-3-5-20(18)24/h2-14,26-27H,1H3/b19-12-,26-23?. The maximum atomic E-state index is 13.3. The SMILES string of the molecule is CN/C=C(\C(=N)c1ccc(F)cc1)c1ccc2ncc(-c3ccccc3Cl)n2c1. The summed E-state index contributed by atoms with van der Waals surface area (Å²) in [4.78, 5) is 4.47. The van der Waals surface area contributed by atoms with Crippen LogP contribution in [0.25, 0.3) is 22.5 Å². The summed E-state index contributed by atoms with van der Waals surface area (Å²) in [6, 6.07) is 17.3. The van der Waals surface area contributed by atoms with E-state index in [4.69, 9.17) is 17.0 Å². The number of hydrogen-bond acceptors (Lipinski definition) is 3. The third-order valence-electron chi connectivity index (χ3n) is 4.66. The van der Waals surface area contributed by atoms with Crippen molar-refractivity contribution < 1.29 is 4.39 Å². The van der Waals surface area contributed by atoms with E-state index in [0.29, 0.717) is 16.2 Å². The third-order valence-corrected chi connectivity index (χ3v) is 4.99. The largest absolute Gasteiger partial charge is 0.393 e. The van der Waals surface area contributed by atoms with Gasteiger partial charge in [-0.1, -0.05) is 29.8 Å². The predicted octanol–water partition coefficient (Wildman–Crippen LogP) is 5.42. The molecule has 0 aliphatic heterocycles. The molecule has 0 radical (unpaired) electrons. The average molecular weight is 405 g/mol. The van der Waals surface area contributed by atoms with Gasteiger partial charge in [-0.3, -0.25) is 9.81 Å². The third kappa shape index (κ3) is 3.65. The van der Waals surface area contributed by atoms with Gasteiger partial charge in [-0.15, -0.1) is 0 Å². The van der Waals surface area contributed by atoms with Crippen molar-refractivity contribution in [2.45, 2.75) is 0 Å². The highest BCUT2D eigenvalue weighted by Crippen LogP contribution is 2.29. The Morgan fingerprint density at radius 2 is 1.79 bits per heavy atom. The van der Waals surface area contributed by atoms with Crippen LogP contribution < -0.4 is 5.32 Å². The van der Waals surface area contributed by atoms with Gasteiger partial charge < -0.3 is 5.32 Å². The van der Waals surface area contributed by atoms with Crippen molar-refractivity contribution in [1.82, 2.24) is 14.7 Å². The summed E-state index contributed by atoms with van der Waals surface area (Å²) < 4.78 is 15.2. The van der Waals surface area contributed by atoms with Crippen LogP contribution in [0.5, 0.6) is 0 Å². The fourth-order valence-corrected chi connectivity index (χ4v) is 3.46. The molecule has 2 aromatic heterocycles. The Balaban J connectivity index is 1.82. The molecule has 0 spiro atoms. The van der Waals surface area contributed by atoms with E-state index >= 15 is 0 Å². The number of hydrogen-bond donors (Lipinski definition) is 2. The molecule has 0 fully saturated rings. The van der Waals surface area contributed by atoms with Crippen molar-refractivity contribution in [3.05, 3.63) is 101 Å². The van der Waals surface area contributed by atoms with E-state index in [1.54, 1.807) is 31.6 Å². The molecule has 2 N–H and O–H groups in total. The summed E-state index contributed by atoms with van der Waals surface area (Å²) in [5.74, 6) is -0.329. The zero-order chi connectivity index (χ0) is 20.4. The van der Waals surface area contributed by atoms with Gasteiger partial charge in [-0.25, -0.2) is 9.37 Å². The summed E-state index contributed by atoms with van der Waals surface area (Å²) in [5, 5.41) is 12.3. The first-order chi connectivity index (χ1) is 14.1. The van der Waals surface area contributed by atoms with E-state index in [-0.39, 0.29) is 11.5 Å². The lowest BCUT2D eigenvalue weighted by atomic mass is 9.98. The van der Waals surface area contributed by atoms with E-state index in [0.717, 1.165) is 22.5 Å². The van der Waals surface area contributed by atoms with Crippen molar-refractivity contribution >= 4 is 28.5 Å². The number of benzene rings is 2. The maximum absolute atomic E-state index is 13.3. The van der Waals surface area contributed by atoms with Crippen LogP contribution in [0.3, 0.4) is 0 Å². The number of halogens is 2. The predicted molar refractivity (Wildman–Crippen MR) is 116 cm³/mol. The molecule has 0 unspecified atom stereocenters. The highest BCUT2D eigenvalue weighted by molar-refractivity contribution is 6.33. The first-order valence-corrected chi connectivity index (χ1v) is 9.41. The topological polar surface area (TPSA) is 53.2 Å². The molecule has 6 heteroatoms. The van der Waals surface area contributed by atoms with Gasteiger partial charge in [0.1, 0.15) is 11.5 Å². The van der Waals surface area contributed by atoms with Crippen molar-refractivity contribution in [2.24, 2.45) is 0 Å². The molecule has 0 atom stereocenters. The lowest BCUT2D eigenvalue weighted by Gasteiger charge is -2.12. The normalized spacial score (nSPS) is 11.6. The molecule has 4 nitrogen and oxygen atoms in total. The van der Waals surface area contributed by atoms with Gasteiger partial charge in [0.15, 0.2) is 0 Å². The van der Waals surface area contributed by atoms with E-state index in [9.17, 15) is 4.39 Å². The Kier molecular flexibility index (Phi) is 5.14. The van der Waals surface area contributed by atoms with Crippen LogP contribution in [-0.2, 0) is 0 Å². The van der Waals surface area contributed by atoms with Crippen LogP contribution in [0.4, 0.5) is 4.39 Å². The number of aromatic nitrogens is 2. The molecular weight excluding hydrogens is 387 g/mol. The number of nitrogens with zero attached hydrogens (tertiary/aromatic N) is 2. The van der Waals surface area contributed by atoms with Gasteiger partial charge in [0.2, 0.25) is 0 Å². The minimum atomic E-state index is -0.329. The zero-order valence-electron chi connectivity index (χ0n) is 15.7. The van der Waals surface area contributed by atoms with Crippen molar-refractivity contribution in [3.63, 3.8) is 0 Å². The molecule has 4 rings (SSSR count). The summed E-state index contributed by atoms with van der Waals surface area (Å²) in [6.45, 7) is 0. The Morgan fingerprint density at radius 3 is 2.52 bits per heavy atom. The van der Waals surface area contributed by atoms with Crippen molar-refractivity contribution in [1.29, 1.82) is 5.41 Å². The monoisotopic (exact) mass is 404 g/mol. The van der Waals surface area contributed by atoms with E-state index in [1.165, 1.54) is 12.1 Å². The smallest absolute Gasteiger partial charge is 0.137 e. The van der Waals surface area contributed by atoms with Gasteiger partial charge in [0.05, 0.1) is 17.6 Å². The first kappa shape index (κ1) is 18.9. The van der Waals surface area contributed by atoms with Crippen LogP contribution in [-0.4, -0.2) is 22.1 Å². The molecule has 0 aliphatic carbocycles. The molecule has 0 bridgehead atoms. The van der Waals surface area contributed by atoms with Gasteiger partial charge in [-0.05, 0) is 42.5 Å².